The Morgan fingerprint density at radius 2 is 2.03 bits per heavy atom. The fourth-order valence-electron chi connectivity index (χ4n) is 3.86. The third kappa shape index (κ3) is 4.65. The third-order valence-electron chi connectivity index (χ3n) is 5.51. The van der Waals surface area contributed by atoms with E-state index in [1.165, 1.54) is 27.8 Å². The highest BCUT2D eigenvalue weighted by molar-refractivity contribution is 7.89. The van der Waals surface area contributed by atoms with Gasteiger partial charge >= 0.3 is 0 Å². The number of nitro benzene ring substituents is 1. The number of rotatable bonds is 6. The van der Waals surface area contributed by atoms with E-state index in [1.807, 2.05) is 0 Å². The van der Waals surface area contributed by atoms with E-state index in [9.17, 15) is 23.3 Å². The largest absolute Gasteiger partial charge is 0.312 e. The number of non-ortho nitro benzene ring substituents is 1. The quantitative estimate of drug-likeness (QED) is 0.301. The molecule has 0 radical (unpaired) electrons. The summed E-state index contributed by atoms with van der Waals surface area (Å²) in [5, 5.41) is 11.1. The summed E-state index contributed by atoms with van der Waals surface area (Å²) in [6.45, 7) is 4.54. The second kappa shape index (κ2) is 9.38. The summed E-state index contributed by atoms with van der Waals surface area (Å²) in [5.41, 5.74) is 0.676. The Labute approximate surface area is 194 Å². The summed E-state index contributed by atoms with van der Waals surface area (Å²) < 4.78 is 29.7. The van der Waals surface area contributed by atoms with E-state index in [0.29, 0.717) is 40.9 Å². The molecular weight excluding hydrogens is 464 g/mol. The van der Waals surface area contributed by atoms with Gasteiger partial charge in [0.1, 0.15) is 0 Å². The van der Waals surface area contributed by atoms with E-state index < -0.39 is 26.8 Å². The molecule has 0 N–H and O–H groups in total. The number of carbonyl (C=O) groups is 1. The lowest BCUT2D eigenvalue weighted by atomic mass is 9.99. The van der Waals surface area contributed by atoms with Crippen molar-refractivity contribution in [1.29, 1.82) is 0 Å². The minimum atomic E-state index is -3.69. The third-order valence-corrected chi connectivity index (χ3v) is 8.43. The van der Waals surface area contributed by atoms with Gasteiger partial charge in [0.05, 0.1) is 26.0 Å². The second-order valence-corrected chi connectivity index (χ2v) is 10.6. The molecule has 1 saturated heterocycles. The highest BCUT2D eigenvalue weighted by Crippen LogP contribution is 2.26. The molecule has 4 rings (SSSR count). The van der Waals surface area contributed by atoms with Crippen LogP contribution in [0, 0.1) is 16.0 Å². The molecule has 33 heavy (non-hydrogen) atoms. The summed E-state index contributed by atoms with van der Waals surface area (Å²) >= 11 is 1.18. The van der Waals surface area contributed by atoms with Gasteiger partial charge in [-0.05, 0) is 31.0 Å². The molecule has 2 aromatic carbocycles. The first-order valence-corrected chi connectivity index (χ1v) is 12.6. The molecule has 3 aromatic rings. The van der Waals surface area contributed by atoms with Gasteiger partial charge in [-0.15, -0.1) is 6.58 Å². The van der Waals surface area contributed by atoms with Crippen molar-refractivity contribution in [2.75, 3.05) is 13.1 Å². The molecule has 1 unspecified atom stereocenters. The number of amides is 1. The number of nitrogens with zero attached hydrogens (tertiary/aromatic N) is 4. The number of hydrogen-bond acceptors (Lipinski definition) is 6. The Morgan fingerprint density at radius 3 is 2.73 bits per heavy atom. The van der Waals surface area contributed by atoms with Gasteiger partial charge in [-0.3, -0.25) is 14.9 Å². The molecule has 1 aliphatic rings. The van der Waals surface area contributed by atoms with Gasteiger partial charge in [-0.25, -0.2) is 8.42 Å². The number of benzene rings is 2. The summed E-state index contributed by atoms with van der Waals surface area (Å²) in [6.07, 6.45) is 2.76. The van der Waals surface area contributed by atoms with Crippen LogP contribution in [0.4, 0.5) is 5.69 Å². The Hall–Kier alpha value is -3.15. The van der Waals surface area contributed by atoms with Crippen LogP contribution in [0.2, 0.25) is 0 Å². The van der Waals surface area contributed by atoms with Crippen LogP contribution in [0.15, 0.2) is 71.1 Å². The lowest BCUT2D eigenvalue weighted by Crippen LogP contribution is -2.42. The van der Waals surface area contributed by atoms with Crippen LogP contribution in [0.25, 0.3) is 10.2 Å². The highest BCUT2D eigenvalue weighted by atomic mass is 32.2. The van der Waals surface area contributed by atoms with Crippen molar-refractivity contribution >= 4 is 43.2 Å². The van der Waals surface area contributed by atoms with E-state index >= 15 is 0 Å². The summed E-state index contributed by atoms with van der Waals surface area (Å²) in [7, 11) is -3.69. The van der Waals surface area contributed by atoms with Crippen LogP contribution in [0.5, 0.6) is 0 Å². The highest BCUT2D eigenvalue weighted by Gasteiger charge is 2.33. The smallest absolute Gasteiger partial charge is 0.270 e. The number of fused-ring (bicyclic) bond motifs is 1. The number of aromatic nitrogens is 1. The molecule has 11 heteroatoms. The van der Waals surface area contributed by atoms with Crippen LogP contribution >= 0.6 is 11.3 Å². The summed E-state index contributed by atoms with van der Waals surface area (Å²) in [5.74, 6) is -0.962. The predicted molar refractivity (Wildman–Crippen MR) is 125 cm³/mol. The van der Waals surface area contributed by atoms with E-state index in [4.69, 9.17) is 0 Å². The summed E-state index contributed by atoms with van der Waals surface area (Å²) in [6, 6.07) is 12.7. The second-order valence-electron chi connectivity index (χ2n) is 7.66. The molecule has 0 bridgehead atoms. The average Bonchev–Trinajstić information content (AvgIpc) is 3.16. The molecule has 9 nitrogen and oxygen atoms in total. The first-order chi connectivity index (χ1) is 15.8. The zero-order valence-electron chi connectivity index (χ0n) is 17.7. The van der Waals surface area contributed by atoms with E-state index in [2.05, 4.69) is 11.6 Å². The maximum atomic E-state index is 13.1. The van der Waals surface area contributed by atoms with E-state index in [1.54, 1.807) is 47.0 Å². The lowest BCUT2D eigenvalue weighted by molar-refractivity contribution is -0.384. The van der Waals surface area contributed by atoms with Gasteiger partial charge in [-0.1, -0.05) is 35.6 Å². The van der Waals surface area contributed by atoms with Gasteiger partial charge < -0.3 is 4.57 Å². The molecule has 1 atom stereocenters. The molecule has 1 amide bonds. The number of allylic oxidation sites excluding steroid dienone is 1. The number of hydrogen-bond donors (Lipinski definition) is 0. The monoisotopic (exact) mass is 486 g/mol. The Balaban J connectivity index is 1.65. The summed E-state index contributed by atoms with van der Waals surface area (Å²) in [4.78, 5) is 28.6. The molecule has 2 heterocycles. The van der Waals surface area contributed by atoms with Gasteiger partial charge in [-0.2, -0.15) is 9.30 Å². The number of nitro groups is 1. The molecule has 0 saturated carbocycles. The normalized spacial score (nSPS) is 17.8. The predicted octanol–water partition coefficient (Wildman–Crippen LogP) is 3.33. The number of piperidine rings is 1. The fourth-order valence-corrected chi connectivity index (χ4v) is 6.48. The van der Waals surface area contributed by atoms with E-state index in [-0.39, 0.29) is 17.1 Å². The van der Waals surface area contributed by atoms with Crippen molar-refractivity contribution in [3.05, 3.63) is 76.1 Å². The SMILES string of the molecule is C=CCn1c(=NC(=O)C2CCCN(S(=O)(=O)c3ccccc3)C2)sc2cc([N+](=O)[O-])ccc21. The topological polar surface area (TPSA) is 115 Å². The first-order valence-electron chi connectivity index (χ1n) is 10.3. The zero-order chi connectivity index (χ0) is 23.6. The van der Waals surface area contributed by atoms with Gasteiger partial charge in [0.25, 0.3) is 11.6 Å². The Bertz CT molecular complexity index is 1390. The van der Waals surface area contributed by atoms with Crippen LogP contribution in [-0.2, 0) is 21.4 Å². The Kier molecular flexibility index (Phi) is 6.54. The minimum absolute atomic E-state index is 0.0404. The molecular formula is C22H22N4O5S2. The van der Waals surface area contributed by atoms with Crippen molar-refractivity contribution in [3.8, 4) is 0 Å². The van der Waals surface area contributed by atoms with Crippen molar-refractivity contribution in [2.24, 2.45) is 10.9 Å². The van der Waals surface area contributed by atoms with E-state index in [0.717, 1.165) is 0 Å². The maximum absolute atomic E-state index is 13.1. The van der Waals surface area contributed by atoms with Gasteiger partial charge in [0, 0.05) is 31.8 Å². The molecule has 172 valence electrons. The van der Waals surface area contributed by atoms with Crippen LogP contribution in [-0.4, -0.2) is 41.2 Å². The van der Waals surface area contributed by atoms with Crippen LogP contribution in [0.3, 0.4) is 0 Å². The lowest BCUT2D eigenvalue weighted by Gasteiger charge is -2.30. The maximum Gasteiger partial charge on any atom is 0.270 e. The van der Waals surface area contributed by atoms with Gasteiger partial charge in [0.15, 0.2) is 4.80 Å². The molecule has 0 spiro atoms. The minimum Gasteiger partial charge on any atom is -0.312 e. The molecule has 1 fully saturated rings. The molecule has 1 aromatic heterocycles. The van der Waals surface area contributed by atoms with Crippen LogP contribution < -0.4 is 4.80 Å². The van der Waals surface area contributed by atoms with Crippen LogP contribution in [0.1, 0.15) is 12.8 Å². The number of thiazole rings is 1. The average molecular weight is 487 g/mol. The van der Waals surface area contributed by atoms with Crippen molar-refractivity contribution in [1.82, 2.24) is 8.87 Å². The van der Waals surface area contributed by atoms with Gasteiger partial charge in [0.2, 0.25) is 10.0 Å². The Morgan fingerprint density at radius 1 is 1.27 bits per heavy atom. The zero-order valence-corrected chi connectivity index (χ0v) is 19.3. The van der Waals surface area contributed by atoms with Crippen molar-refractivity contribution in [3.63, 3.8) is 0 Å². The first kappa shape index (κ1) is 23.0. The molecule has 1 aliphatic heterocycles. The molecule has 0 aliphatic carbocycles. The number of carbonyl (C=O) groups excluding carboxylic acids is 1. The standard InChI is InChI=1S/C22H22N4O5S2/c1-2-12-25-19-11-10-17(26(28)29)14-20(19)32-22(25)23-21(27)16-7-6-13-24(15-16)33(30,31)18-8-4-3-5-9-18/h2-5,8-11,14,16H,1,6-7,12-13,15H2. The fraction of sp³-hybridized carbons (Fsp3) is 0.273. The van der Waals surface area contributed by atoms with Crippen molar-refractivity contribution in [2.45, 2.75) is 24.3 Å². The van der Waals surface area contributed by atoms with Crippen molar-refractivity contribution < 1.29 is 18.1 Å². The number of sulfonamides is 1.